The lowest BCUT2D eigenvalue weighted by atomic mass is 9.67. The highest BCUT2D eigenvalue weighted by Crippen LogP contribution is 2.47. The van der Waals surface area contributed by atoms with Crippen LogP contribution in [0.25, 0.3) is 5.70 Å². The molecule has 0 bridgehead atoms. The minimum Gasteiger partial charge on any atom is -0.388 e. The number of amides is 2. The molecule has 2 amide bonds. The van der Waals surface area contributed by atoms with Crippen LogP contribution in [-0.2, 0) is 23.1 Å². The topological polar surface area (TPSA) is 148 Å². The first kappa shape index (κ1) is 32.7. The Kier molecular flexibility index (Phi) is 9.49. The fourth-order valence-corrected chi connectivity index (χ4v) is 7.01. The van der Waals surface area contributed by atoms with Gasteiger partial charge in [-0.2, -0.15) is 10.4 Å². The largest absolute Gasteiger partial charge is 0.388 e. The van der Waals surface area contributed by atoms with E-state index in [4.69, 9.17) is 5.10 Å². The first-order valence-corrected chi connectivity index (χ1v) is 16.0. The average Bonchev–Trinajstić information content (AvgIpc) is 3.68. The molecule has 46 heavy (non-hydrogen) atoms. The lowest BCUT2D eigenvalue weighted by Gasteiger charge is -2.37. The second-order valence-corrected chi connectivity index (χ2v) is 12.6. The summed E-state index contributed by atoms with van der Waals surface area (Å²) in [6.07, 6.45) is 3.34. The molecule has 1 aliphatic heterocycles. The van der Waals surface area contributed by atoms with E-state index < -0.39 is 11.5 Å². The van der Waals surface area contributed by atoms with Crippen LogP contribution in [0.4, 0.5) is 0 Å². The number of hydrogen-bond acceptors (Lipinski definition) is 7. The van der Waals surface area contributed by atoms with Gasteiger partial charge in [0.25, 0.3) is 5.91 Å². The number of nitrogens with one attached hydrogen (secondary N) is 4. The van der Waals surface area contributed by atoms with Crippen LogP contribution in [0.15, 0.2) is 47.8 Å². The zero-order valence-electron chi connectivity index (χ0n) is 27.4. The summed E-state index contributed by atoms with van der Waals surface area (Å²) in [5.41, 5.74) is 5.11. The molecule has 242 valence electrons. The van der Waals surface area contributed by atoms with Crippen molar-refractivity contribution < 1.29 is 9.59 Å². The third-order valence-electron chi connectivity index (χ3n) is 9.40. The number of aromatic amines is 1. The van der Waals surface area contributed by atoms with E-state index in [1.165, 1.54) is 4.68 Å². The minimum atomic E-state index is -0.931. The van der Waals surface area contributed by atoms with Crippen molar-refractivity contribution in [2.24, 2.45) is 0 Å². The monoisotopic (exact) mass is 624 g/mol. The van der Waals surface area contributed by atoms with Crippen LogP contribution in [0.2, 0.25) is 0 Å². The van der Waals surface area contributed by atoms with E-state index >= 15 is 0 Å². The van der Waals surface area contributed by atoms with Gasteiger partial charge in [0.15, 0.2) is 0 Å². The van der Waals surface area contributed by atoms with E-state index in [2.05, 4.69) is 45.7 Å². The number of rotatable bonds is 10. The van der Waals surface area contributed by atoms with Crippen LogP contribution in [-0.4, -0.2) is 70.7 Å². The number of nitriles is 1. The summed E-state index contributed by atoms with van der Waals surface area (Å²) >= 11 is 0. The lowest BCUT2D eigenvalue weighted by Crippen LogP contribution is -2.45. The zero-order chi connectivity index (χ0) is 33.2. The molecule has 11 heteroatoms. The zero-order valence-corrected chi connectivity index (χ0v) is 27.4. The maximum atomic E-state index is 13.3. The first-order chi connectivity index (χ1) is 22.0. The summed E-state index contributed by atoms with van der Waals surface area (Å²) in [6, 6.07) is 13.5. The molecule has 1 aliphatic carbocycles. The van der Waals surface area contributed by atoms with Gasteiger partial charge in [-0.1, -0.05) is 24.8 Å². The number of hydrogen-bond donors (Lipinski definition) is 4. The number of H-pyrrole nitrogens is 1. The number of fused-ring (bicyclic) bond motifs is 2. The Morgan fingerprint density at radius 2 is 1.74 bits per heavy atom. The summed E-state index contributed by atoms with van der Waals surface area (Å²) in [5.74, 6) is 0.230. The van der Waals surface area contributed by atoms with Gasteiger partial charge < -0.3 is 20.9 Å². The summed E-state index contributed by atoms with van der Waals surface area (Å²) in [6.45, 7) is 10.7. The van der Waals surface area contributed by atoms with E-state index in [-0.39, 0.29) is 36.1 Å². The highest BCUT2D eigenvalue weighted by molar-refractivity contribution is 5.94. The first-order valence-electron chi connectivity index (χ1n) is 16.0. The minimum absolute atomic E-state index is 0.0859. The third kappa shape index (κ3) is 5.97. The molecule has 3 atom stereocenters. The summed E-state index contributed by atoms with van der Waals surface area (Å²) < 4.78 is 1.47. The Bertz CT molecular complexity index is 1680. The van der Waals surface area contributed by atoms with Crippen molar-refractivity contribution in [3.63, 3.8) is 0 Å². The van der Waals surface area contributed by atoms with Crippen LogP contribution in [0, 0.1) is 11.3 Å². The second-order valence-electron chi connectivity index (χ2n) is 12.6. The Labute approximate surface area is 270 Å². The van der Waals surface area contributed by atoms with Gasteiger partial charge in [0, 0.05) is 37.9 Å². The number of aryl methyl sites for hydroxylation is 2. The van der Waals surface area contributed by atoms with E-state index in [1.54, 1.807) is 11.9 Å². The van der Waals surface area contributed by atoms with Gasteiger partial charge in [-0.3, -0.25) is 14.6 Å². The predicted octanol–water partition coefficient (Wildman–Crippen LogP) is 3.02. The molecule has 3 aromatic rings. The molecule has 2 aromatic carbocycles. The quantitative estimate of drug-likeness (QED) is 0.271. The summed E-state index contributed by atoms with van der Waals surface area (Å²) in [7, 11) is 3.45. The molecular weight excluding hydrogens is 580 g/mol. The van der Waals surface area contributed by atoms with Crippen molar-refractivity contribution in [2.75, 3.05) is 27.2 Å². The molecule has 5 rings (SSSR count). The number of carbonyl (C=O) groups excluding carboxylic acids is 2. The Morgan fingerprint density at radius 3 is 2.33 bits per heavy atom. The second kappa shape index (κ2) is 13.3. The van der Waals surface area contributed by atoms with Crippen molar-refractivity contribution >= 4 is 17.5 Å². The van der Waals surface area contributed by atoms with Crippen molar-refractivity contribution in [3.8, 4) is 6.07 Å². The Hall–Kier alpha value is -4.69. The third-order valence-corrected chi connectivity index (χ3v) is 9.40. The maximum Gasteiger partial charge on any atom is 0.343 e. The van der Waals surface area contributed by atoms with Crippen LogP contribution in [0.3, 0.4) is 0 Å². The van der Waals surface area contributed by atoms with Crippen LogP contribution in [0.1, 0.15) is 90.1 Å². The smallest absolute Gasteiger partial charge is 0.343 e. The van der Waals surface area contributed by atoms with Gasteiger partial charge in [0.1, 0.15) is 11.9 Å². The number of likely N-dealkylation sites (tertiary alicyclic amines) is 1. The van der Waals surface area contributed by atoms with E-state index in [0.29, 0.717) is 43.6 Å². The molecule has 1 saturated heterocycles. The molecule has 1 fully saturated rings. The summed E-state index contributed by atoms with van der Waals surface area (Å²) in [5, 5.41) is 23.7. The van der Waals surface area contributed by atoms with Gasteiger partial charge in [-0.25, -0.2) is 9.48 Å². The molecule has 2 aliphatic rings. The van der Waals surface area contributed by atoms with Gasteiger partial charge in [-0.15, -0.1) is 0 Å². The molecule has 0 radical (unpaired) electrons. The molecule has 0 saturated carbocycles. The molecular formula is C35H44N8O3. The number of aromatic nitrogens is 3. The van der Waals surface area contributed by atoms with Crippen molar-refractivity contribution in [1.29, 1.82) is 5.26 Å². The summed E-state index contributed by atoms with van der Waals surface area (Å²) in [4.78, 5) is 44.0. The van der Waals surface area contributed by atoms with Crippen LogP contribution < -0.4 is 21.6 Å². The highest BCUT2D eigenvalue weighted by Gasteiger charge is 2.45. The molecule has 4 N–H and O–H groups in total. The SMILES string of the molecule is C=C(NC)c1ccc2c(c1)CCc1cc(C(=O)NC)ccc1C2(C[C@@H](C)NCC(=O)N1CCCC1C#N)c1nn(C(C)C)c(=O)[nH]1. The maximum absolute atomic E-state index is 13.3. The van der Waals surface area contributed by atoms with Gasteiger partial charge in [-0.05, 0) is 98.9 Å². The molecule has 11 nitrogen and oxygen atoms in total. The number of carbonyl (C=O) groups is 2. The lowest BCUT2D eigenvalue weighted by molar-refractivity contribution is -0.130. The van der Waals surface area contributed by atoms with E-state index in [1.807, 2.05) is 52.1 Å². The van der Waals surface area contributed by atoms with Gasteiger partial charge >= 0.3 is 5.69 Å². The van der Waals surface area contributed by atoms with Crippen LogP contribution >= 0.6 is 0 Å². The molecule has 1 aromatic heterocycles. The highest BCUT2D eigenvalue weighted by atomic mass is 16.2. The Balaban J connectivity index is 1.68. The van der Waals surface area contributed by atoms with Crippen molar-refractivity contribution in [1.82, 2.24) is 35.6 Å². The molecule has 2 heterocycles. The van der Waals surface area contributed by atoms with Crippen molar-refractivity contribution in [2.45, 2.75) is 76.4 Å². The predicted molar refractivity (Wildman–Crippen MR) is 177 cm³/mol. The molecule has 0 spiro atoms. The van der Waals surface area contributed by atoms with Crippen LogP contribution in [0.5, 0.6) is 0 Å². The standard InChI is InChI=1S/C35H44N8O3/c1-21(2)43-34(46)40-33(41-43)35(18-22(3)39-20-31(44)42-15-7-8-28(42)19-36)29-13-11-24(23(4)37-5)16-25(29)9-10-26-17-27(32(45)38-6)12-14-30(26)35/h11-14,16-17,21-22,28,37,39H,4,7-10,15,18,20H2,1-3,5-6H3,(H,38,45)(H,40,41,46)/t22-,28?,35?/m1/s1. The fraction of sp³-hybridized carbons (Fsp3) is 0.457. The Morgan fingerprint density at radius 1 is 1.09 bits per heavy atom. The van der Waals surface area contributed by atoms with Crippen molar-refractivity contribution in [3.05, 3.63) is 92.7 Å². The molecule has 2 unspecified atom stereocenters. The number of nitrogens with zero attached hydrogens (tertiary/aromatic N) is 4. The number of benzene rings is 2. The normalized spacial score (nSPS) is 19.5. The van der Waals surface area contributed by atoms with E-state index in [9.17, 15) is 19.6 Å². The van der Waals surface area contributed by atoms with Gasteiger partial charge in [0.2, 0.25) is 5.91 Å². The fourth-order valence-electron chi connectivity index (χ4n) is 7.01. The van der Waals surface area contributed by atoms with Gasteiger partial charge in [0.05, 0.1) is 24.1 Å². The average molecular weight is 625 g/mol. The van der Waals surface area contributed by atoms with E-state index in [0.717, 1.165) is 39.9 Å².